The average Bonchev–Trinajstić information content (AvgIpc) is 3.08. The van der Waals surface area contributed by atoms with E-state index in [0.29, 0.717) is 11.3 Å². The average molecular weight is 418 g/mol. The Morgan fingerprint density at radius 3 is 2.20 bits per heavy atom. The smallest absolute Gasteiger partial charge is 0.265 e. The monoisotopic (exact) mass is 417 g/mol. The molecule has 0 fully saturated rings. The summed E-state index contributed by atoms with van der Waals surface area (Å²) in [5.74, 6) is -0.683. The molecule has 0 aromatic heterocycles. The number of sulfonamides is 1. The molecule has 0 N–H and O–H groups in total. The highest BCUT2D eigenvalue weighted by molar-refractivity contribution is 7.93. The van der Waals surface area contributed by atoms with E-state index < -0.39 is 22.0 Å². The van der Waals surface area contributed by atoms with Crippen molar-refractivity contribution < 1.29 is 13.2 Å². The number of hydrogen-bond acceptors (Lipinski definition) is 3. The van der Waals surface area contributed by atoms with Crippen molar-refractivity contribution in [3.05, 3.63) is 108 Å². The van der Waals surface area contributed by atoms with Gasteiger partial charge in [0, 0.05) is 11.5 Å². The van der Waals surface area contributed by atoms with Gasteiger partial charge >= 0.3 is 0 Å². The summed E-state index contributed by atoms with van der Waals surface area (Å²) >= 11 is 0. The maximum absolute atomic E-state index is 13.7. The molecule has 2 atom stereocenters. The third-order valence-electron chi connectivity index (χ3n) is 5.53. The minimum Gasteiger partial charge on any atom is -0.292 e. The van der Waals surface area contributed by atoms with Gasteiger partial charge in [0.1, 0.15) is 6.04 Å². The van der Waals surface area contributed by atoms with E-state index in [0.717, 1.165) is 16.7 Å². The number of hydrogen-bond donors (Lipinski definition) is 0. The second-order valence-corrected chi connectivity index (χ2v) is 9.43. The van der Waals surface area contributed by atoms with Gasteiger partial charge in [0.15, 0.2) is 5.78 Å². The quantitative estimate of drug-likeness (QED) is 0.432. The van der Waals surface area contributed by atoms with Crippen LogP contribution in [0.1, 0.15) is 33.0 Å². The van der Waals surface area contributed by atoms with E-state index in [1.807, 2.05) is 32.0 Å². The summed E-state index contributed by atoms with van der Waals surface area (Å²) in [6.45, 7) is 7.78. The minimum atomic E-state index is -3.96. The largest absolute Gasteiger partial charge is 0.292 e. The topological polar surface area (TPSA) is 54.5 Å². The number of nitrogens with zero attached hydrogens (tertiary/aromatic N) is 1. The Morgan fingerprint density at radius 2 is 1.57 bits per heavy atom. The van der Waals surface area contributed by atoms with Crippen LogP contribution in [0.2, 0.25) is 0 Å². The van der Waals surface area contributed by atoms with Crippen molar-refractivity contribution in [2.24, 2.45) is 0 Å². The van der Waals surface area contributed by atoms with Crippen LogP contribution < -0.4 is 4.31 Å². The maximum Gasteiger partial charge on any atom is 0.265 e. The number of ketones is 1. The number of rotatable bonds is 5. The van der Waals surface area contributed by atoms with Crippen LogP contribution in [0.15, 0.2) is 90.3 Å². The van der Waals surface area contributed by atoms with E-state index in [1.165, 1.54) is 4.31 Å². The third kappa shape index (κ3) is 3.25. The molecule has 0 spiro atoms. The first-order valence-electron chi connectivity index (χ1n) is 9.78. The molecular formula is C25H23NO3S. The Hall–Kier alpha value is -3.18. The van der Waals surface area contributed by atoms with E-state index in [-0.39, 0.29) is 10.7 Å². The summed E-state index contributed by atoms with van der Waals surface area (Å²) in [4.78, 5) is 13.7. The van der Waals surface area contributed by atoms with Crippen LogP contribution in [0, 0.1) is 13.8 Å². The lowest BCUT2D eigenvalue weighted by atomic mass is 9.89. The van der Waals surface area contributed by atoms with Gasteiger partial charge in [-0.3, -0.25) is 9.10 Å². The highest BCUT2D eigenvalue weighted by Crippen LogP contribution is 2.46. The van der Waals surface area contributed by atoms with Crippen LogP contribution in [-0.2, 0) is 10.0 Å². The van der Waals surface area contributed by atoms with Crippen LogP contribution >= 0.6 is 0 Å². The molecule has 0 saturated carbocycles. The Kier molecular flexibility index (Phi) is 5.08. The van der Waals surface area contributed by atoms with Crippen molar-refractivity contribution in [1.82, 2.24) is 0 Å². The molecular weight excluding hydrogens is 394 g/mol. The fourth-order valence-electron chi connectivity index (χ4n) is 4.01. The van der Waals surface area contributed by atoms with Crippen LogP contribution in [0.4, 0.5) is 5.69 Å². The molecule has 0 saturated heterocycles. The zero-order chi connectivity index (χ0) is 21.5. The third-order valence-corrected chi connectivity index (χ3v) is 7.34. The van der Waals surface area contributed by atoms with Crippen molar-refractivity contribution in [1.29, 1.82) is 0 Å². The minimum absolute atomic E-state index is 0.162. The van der Waals surface area contributed by atoms with Gasteiger partial charge in [-0.1, -0.05) is 71.8 Å². The predicted octanol–water partition coefficient (Wildman–Crippen LogP) is 5.03. The first-order valence-corrected chi connectivity index (χ1v) is 11.2. The SMILES string of the molecule is C=C[C@@H]1c2cc(C)ccc2N(S(=O)(=O)c2ccc(C)cc2)[C@H]1C(=O)c1ccccc1. The van der Waals surface area contributed by atoms with Crippen molar-refractivity contribution in [3.63, 3.8) is 0 Å². The summed E-state index contributed by atoms with van der Waals surface area (Å²) in [6.07, 6.45) is 1.68. The number of anilines is 1. The van der Waals surface area contributed by atoms with Crippen molar-refractivity contribution in [2.45, 2.75) is 30.7 Å². The number of carbonyl (C=O) groups excluding carboxylic acids is 1. The number of carbonyl (C=O) groups is 1. The van der Waals surface area contributed by atoms with E-state index in [2.05, 4.69) is 6.58 Å². The summed E-state index contributed by atoms with van der Waals surface area (Å²) in [7, 11) is -3.96. The van der Waals surface area contributed by atoms with Gasteiger partial charge in [-0.25, -0.2) is 8.42 Å². The normalized spacial score (nSPS) is 18.1. The predicted molar refractivity (Wildman–Crippen MR) is 120 cm³/mol. The maximum atomic E-state index is 13.7. The summed E-state index contributed by atoms with van der Waals surface area (Å²) < 4.78 is 28.8. The summed E-state index contributed by atoms with van der Waals surface area (Å²) in [5.41, 5.74) is 3.77. The standard InChI is InChI=1S/C25H23NO3S/c1-4-21-22-16-18(3)12-15-23(22)26(24(21)25(27)19-8-6-5-7-9-19)30(28,29)20-13-10-17(2)11-14-20/h4-16,21,24H,1H2,2-3H3/t21-,24-/m1/s1. The van der Waals surface area contributed by atoms with E-state index in [1.54, 1.807) is 60.7 Å². The molecule has 1 aliphatic heterocycles. The van der Waals surface area contributed by atoms with Crippen molar-refractivity contribution in [3.8, 4) is 0 Å². The summed E-state index contributed by atoms with van der Waals surface area (Å²) in [5, 5.41) is 0. The fourth-order valence-corrected chi connectivity index (χ4v) is 5.67. The number of Topliss-reactive ketones (excluding diaryl/α,β-unsaturated/α-hetero) is 1. The lowest BCUT2D eigenvalue weighted by Crippen LogP contribution is -2.44. The molecule has 4 rings (SSSR count). The van der Waals surface area contributed by atoms with Crippen LogP contribution in [0.5, 0.6) is 0 Å². The Labute approximate surface area is 177 Å². The second-order valence-electron chi connectivity index (χ2n) is 7.61. The Morgan fingerprint density at radius 1 is 0.933 bits per heavy atom. The number of benzene rings is 3. The van der Waals surface area contributed by atoms with Crippen molar-refractivity contribution in [2.75, 3.05) is 4.31 Å². The lowest BCUT2D eigenvalue weighted by molar-refractivity contribution is 0.0961. The Bertz CT molecular complexity index is 1220. The zero-order valence-electron chi connectivity index (χ0n) is 16.9. The molecule has 0 amide bonds. The molecule has 5 heteroatoms. The van der Waals surface area contributed by atoms with Gasteiger partial charge in [0.2, 0.25) is 0 Å². The Balaban J connectivity index is 1.93. The molecule has 152 valence electrons. The van der Waals surface area contributed by atoms with E-state index >= 15 is 0 Å². The van der Waals surface area contributed by atoms with Gasteiger partial charge in [-0.15, -0.1) is 6.58 Å². The molecule has 0 radical (unpaired) electrons. The molecule has 0 bridgehead atoms. The van der Waals surface area contributed by atoms with Gasteiger partial charge in [0.25, 0.3) is 10.0 Å². The van der Waals surface area contributed by atoms with Crippen LogP contribution in [-0.4, -0.2) is 20.2 Å². The molecule has 1 aliphatic rings. The highest BCUT2D eigenvalue weighted by Gasteiger charge is 2.47. The van der Waals surface area contributed by atoms with E-state index in [4.69, 9.17) is 0 Å². The molecule has 4 nitrogen and oxygen atoms in total. The number of aryl methyl sites for hydroxylation is 2. The molecule has 3 aromatic carbocycles. The molecule has 0 aliphatic carbocycles. The van der Waals surface area contributed by atoms with Crippen molar-refractivity contribution >= 4 is 21.5 Å². The molecule has 30 heavy (non-hydrogen) atoms. The first-order chi connectivity index (χ1) is 14.3. The highest BCUT2D eigenvalue weighted by atomic mass is 32.2. The van der Waals surface area contributed by atoms with Gasteiger partial charge in [-0.2, -0.15) is 0 Å². The fraction of sp³-hybridized carbons (Fsp3) is 0.160. The second kappa shape index (κ2) is 7.58. The molecule has 3 aromatic rings. The van der Waals surface area contributed by atoms with Crippen LogP contribution in [0.3, 0.4) is 0 Å². The van der Waals surface area contributed by atoms with Crippen LogP contribution in [0.25, 0.3) is 0 Å². The van der Waals surface area contributed by atoms with Gasteiger partial charge < -0.3 is 0 Å². The van der Waals surface area contributed by atoms with E-state index in [9.17, 15) is 13.2 Å². The number of fused-ring (bicyclic) bond motifs is 1. The van der Waals surface area contributed by atoms with Gasteiger partial charge in [0.05, 0.1) is 10.6 Å². The first kappa shape index (κ1) is 20.1. The van der Waals surface area contributed by atoms with Gasteiger partial charge in [-0.05, 0) is 37.6 Å². The molecule has 0 unspecified atom stereocenters. The molecule has 1 heterocycles. The summed E-state index contributed by atoms with van der Waals surface area (Å²) in [6, 6.07) is 20.2. The zero-order valence-corrected chi connectivity index (χ0v) is 17.8. The lowest BCUT2D eigenvalue weighted by Gasteiger charge is -2.28.